The molecule has 1 unspecified atom stereocenters. The summed E-state index contributed by atoms with van der Waals surface area (Å²) < 4.78 is 9.88. The van der Waals surface area contributed by atoms with Gasteiger partial charge in [0.15, 0.2) is 6.29 Å². The minimum Gasteiger partial charge on any atom is -0.853 e. The molecule has 0 N–H and O–H groups in total. The van der Waals surface area contributed by atoms with Crippen LogP contribution < -0.4 is 56.5 Å². The standard InChI is InChI=1S/C6H13O3.K/c1-3-8-6(2)9-5-4-7;/h6H,3-5H2,1-2H3;/q-1;+1. The second-order valence-corrected chi connectivity index (χ2v) is 1.60. The van der Waals surface area contributed by atoms with E-state index in [-0.39, 0.29) is 70.9 Å². The van der Waals surface area contributed by atoms with Crippen molar-refractivity contribution in [3.63, 3.8) is 0 Å². The molecule has 1 atom stereocenters. The van der Waals surface area contributed by atoms with E-state index in [1.165, 1.54) is 0 Å². The fourth-order valence-corrected chi connectivity index (χ4v) is 0.497. The summed E-state index contributed by atoms with van der Waals surface area (Å²) in [6.07, 6.45) is -0.232. The first-order valence-corrected chi connectivity index (χ1v) is 3.12. The van der Waals surface area contributed by atoms with Crippen LogP contribution in [0.3, 0.4) is 0 Å². The summed E-state index contributed by atoms with van der Waals surface area (Å²) in [7, 11) is 0. The van der Waals surface area contributed by atoms with Crippen LogP contribution in [0.25, 0.3) is 0 Å². The van der Waals surface area contributed by atoms with Crippen LogP contribution in [0, 0.1) is 0 Å². The summed E-state index contributed by atoms with van der Waals surface area (Å²) in [4.78, 5) is 0. The minimum atomic E-state index is -0.232. The van der Waals surface area contributed by atoms with Crippen molar-refractivity contribution in [2.24, 2.45) is 0 Å². The van der Waals surface area contributed by atoms with Gasteiger partial charge in [-0.2, -0.15) is 0 Å². The van der Waals surface area contributed by atoms with Gasteiger partial charge in [0.2, 0.25) is 0 Å². The Bertz CT molecular complexity index is 61.0. The average Bonchev–Trinajstić information content (AvgIpc) is 1.85. The van der Waals surface area contributed by atoms with E-state index in [4.69, 9.17) is 9.47 Å². The molecular weight excluding hydrogens is 159 g/mol. The van der Waals surface area contributed by atoms with Crippen molar-refractivity contribution in [3.8, 4) is 0 Å². The predicted octanol–water partition coefficient (Wildman–Crippen LogP) is -3.25. The van der Waals surface area contributed by atoms with Gasteiger partial charge < -0.3 is 14.6 Å². The van der Waals surface area contributed by atoms with Crippen LogP contribution >= 0.6 is 0 Å². The first kappa shape index (κ1) is 14.1. The maximum Gasteiger partial charge on any atom is 1.00 e. The number of hydrogen-bond donors (Lipinski definition) is 0. The van der Waals surface area contributed by atoms with E-state index in [1.54, 1.807) is 6.92 Å². The van der Waals surface area contributed by atoms with Gasteiger partial charge >= 0.3 is 51.4 Å². The molecule has 0 aliphatic carbocycles. The zero-order valence-electron chi connectivity index (χ0n) is 6.92. The Labute approximate surface area is 105 Å². The van der Waals surface area contributed by atoms with Crippen LogP contribution in [0.1, 0.15) is 13.8 Å². The summed E-state index contributed by atoms with van der Waals surface area (Å²) in [5, 5.41) is 9.86. The smallest absolute Gasteiger partial charge is 0.853 e. The molecule has 0 aromatic carbocycles. The molecule has 0 amide bonds. The van der Waals surface area contributed by atoms with Gasteiger partial charge in [-0.25, -0.2) is 0 Å². The van der Waals surface area contributed by atoms with Gasteiger partial charge in [-0.1, -0.05) is 0 Å². The third-order valence-electron chi connectivity index (χ3n) is 0.837. The molecule has 0 aliphatic heterocycles. The second-order valence-electron chi connectivity index (χ2n) is 1.60. The third-order valence-corrected chi connectivity index (χ3v) is 0.837. The summed E-state index contributed by atoms with van der Waals surface area (Å²) in [6, 6.07) is 0. The zero-order valence-corrected chi connectivity index (χ0v) is 10.0. The molecule has 0 radical (unpaired) electrons. The fraction of sp³-hybridized carbons (Fsp3) is 1.00. The van der Waals surface area contributed by atoms with Crippen molar-refractivity contribution in [2.45, 2.75) is 20.1 Å². The first-order chi connectivity index (χ1) is 4.31. The Balaban J connectivity index is 0. The molecule has 0 rings (SSSR count). The fourth-order valence-electron chi connectivity index (χ4n) is 0.497. The van der Waals surface area contributed by atoms with Crippen LogP contribution in [0.5, 0.6) is 0 Å². The van der Waals surface area contributed by atoms with Crippen molar-refractivity contribution < 1.29 is 66.0 Å². The Morgan fingerprint density at radius 1 is 1.40 bits per heavy atom. The van der Waals surface area contributed by atoms with Gasteiger partial charge in [-0.05, 0) is 13.8 Å². The monoisotopic (exact) mass is 172 g/mol. The van der Waals surface area contributed by atoms with E-state index in [0.29, 0.717) is 6.61 Å². The zero-order chi connectivity index (χ0) is 7.11. The van der Waals surface area contributed by atoms with Crippen molar-refractivity contribution in [3.05, 3.63) is 0 Å². The Kier molecular flexibility index (Phi) is 14.8. The van der Waals surface area contributed by atoms with E-state index >= 15 is 0 Å². The maximum absolute atomic E-state index is 9.86. The number of rotatable bonds is 5. The van der Waals surface area contributed by atoms with Gasteiger partial charge in [0.05, 0.1) is 0 Å². The molecule has 0 heterocycles. The normalized spacial score (nSPS) is 12.3. The van der Waals surface area contributed by atoms with Crippen molar-refractivity contribution >= 4 is 0 Å². The van der Waals surface area contributed by atoms with E-state index in [2.05, 4.69) is 0 Å². The van der Waals surface area contributed by atoms with Crippen molar-refractivity contribution in [1.29, 1.82) is 0 Å². The third kappa shape index (κ3) is 9.52. The molecule has 4 heteroatoms. The van der Waals surface area contributed by atoms with Crippen molar-refractivity contribution in [2.75, 3.05) is 19.8 Å². The summed E-state index contributed by atoms with van der Waals surface area (Å²) >= 11 is 0. The van der Waals surface area contributed by atoms with E-state index in [9.17, 15) is 5.11 Å². The van der Waals surface area contributed by atoms with Crippen LogP contribution in [-0.2, 0) is 9.47 Å². The topological polar surface area (TPSA) is 41.5 Å². The summed E-state index contributed by atoms with van der Waals surface area (Å²) in [5.74, 6) is 0. The molecule has 0 fully saturated rings. The van der Waals surface area contributed by atoms with Gasteiger partial charge in [0, 0.05) is 13.2 Å². The van der Waals surface area contributed by atoms with Crippen LogP contribution in [0.15, 0.2) is 0 Å². The predicted molar refractivity (Wildman–Crippen MR) is 31.9 cm³/mol. The number of hydrogen-bond acceptors (Lipinski definition) is 3. The van der Waals surface area contributed by atoms with Crippen LogP contribution in [-0.4, -0.2) is 26.1 Å². The summed E-state index contributed by atoms with van der Waals surface area (Å²) in [5.41, 5.74) is 0. The SMILES string of the molecule is CCOC(C)OCC[O-].[K+]. The largest absolute Gasteiger partial charge is 1.00 e. The first-order valence-electron chi connectivity index (χ1n) is 3.12. The van der Waals surface area contributed by atoms with Crippen molar-refractivity contribution in [1.82, 2.24) is 0 Å². The molecule has 0 aliphatic rings. The molecule has 10 heavy (non-hydrogen) atoms. The van der Waals surface area contributed by atoms with Gasteiger partial charge in [0.25, 0.3) is 0 Å². The van der Waals surface area contributed by atoms with Gasteiger partial charge in [-0.15, -0.1) is 6.61 Å². The maximum atomic E-state index is 9.86. The van der Waals surface area contributed by atoms with Gasteiger partial charge in [0.1, 0.15) is 0 Å². The molecule has 0 saturated carbocycles. The Morgan fingerprint density at radius 2 is 2.00 bits per heavy atom. The quantitative estimate of drug-likeness (QED) is 0.323. The Hall–Kier alpha value is 1.52. The molecule has 56 valence electrons. The van der Waals surface area contributed by atoms with Crippen LogP contribution in [0.4, 0.5) is 0 Å². The summed E-state index contributed by atoms with van der Waals surface area (Å²) in [6.45, 7) is 4.33. The Morgan fingerprint density at radius 3 is 2.40 bits per heavy atom. The molecule has 0 aromatic rings. The molecule has 0 aromatic heterocycles. The molecule has 0 saturated heterocycles. The van der Waals surface area contributed by atoms with E-state index < -0.39 is 0 Å². The van der Waals surface area contributed by atoms with Gasteiger partial charge in [-0.3, -0.25) is 0 Å². The van der Waals surface area contributed by atoms with E-state index in [0.717, 1.165) is 0 Å². The average molecular weight is 172 g/mol. The molecule has 0 spiro atoms. The number of ether oxygens (including phenoxy) is 2. The van der Waals surface area contributed by atoms with E-state index in [1.807, 2.05) is 6.92 Å². The second kappa shape index (κ2) is 10.5. The molecule has 3 nitrogen and oxygen atoms in total. The molecule has 0 bridgehead atoms. The minimum absolute atomic E-state index is 0. The molecular formula is C6H13KO3. The van der Waals surface area contributed by atoms with Crippen LogP contribution in [0.2, 0.25) is 0 Å².